The van der Waals surface area contributed by atoms with Gasteiger partial charge in [-0.05, 0) is 19.9 Å². The summed E-state index contributed by atoms with van der Waals surface area (Å²) in [7, 11) is 0. The van der Waals surface area contributed by atoms with E-state index in [1.165, 1.54) is 15.0 Å². The van der Waals surface area contributed by atoms with Gasteiger partial charge in [-0.3, -0.25) is 19.4 Å². The summed E-state index contributed by atoms with van der Waals surface area (Å²) in [6, 6.07) is 7.77. The van der Waals surface area contributed by atoms with Gasteiger partial charge in [0.2, 0.25) is 13.1 Å². The standard InChI is InChI=1S/2C11H11N6.C10H13N3.CH4.ClH/c2*1-14-10-17(11-15-2)7-3-6-16(8-4-12)9-5-13;1-10(2)6-5-7-13(8-11-3)9-12-4;;/h2*3,6-7H,8-11H2;5-7H,8-9H2,1-2H3;1H4;1H/q2*+1;;;/b;;7-5+;;. The molecule has 0 atom stereocenters. The topological polar surface area (TPSA) is 138 Å². The molecule has 49 heavy (non-hydrogen) atoms. The Morgan fingerprint density at radius 1 is 0.653 bits per heavy atom. The first-order valence-electron chi connectivity index (χ1n) is 13.4. The highest BCUT2D eigenvalue weighted by Gasteiger charge is 2.08. The van der Waals surface area contributed by atoms with Crippen molar-refractivity contribution >= 4 is 12.4 Å². The fourth-order valence-corrected chi connectivity index (χ4v) is 2.63. The predicted molar refractivity (Wildman–Crippen MR) is 182 cm³/mol. The van der Waals surface area contributed by atoms with Crippen molar-refractivity contribution in [1.82, 2.24) is 9.80 Å². The van der Waals surface area contributed by atoms with Crippen LogP contribution in [-0.4, -0.2) is 97.6 Å². The van der Waals surface area contributed by atoms with Gasteiger partial charge in [-0.2, -0.15) is 25.9 Å². The quantitative estimate of drug-likeness (QED) is 0.0808. The molecular weight excluding hydrogens is 642 g/mol. The number of hydrogen-bond acceptors (Lipinski definition) is 6. The highest BCUT2D eigenvalue weighted by Crippen LogP contribution is 1.94. The van der Waals surface area contributed by atoms with Crippen molar-refractivity contribution in [2.45, 2.75) is 21.3 Å². The molecule has 0 radical (unpaired) electrons. The molecule has 0 aromatic carbocycles. The maximum Gasteiger partial charge on any atom is 0.407 e. The lowest BCUT2D eigenvalue weighted by Crippen LogP contribution is -3.06. The van der Waals surface area contributed by atoms with Crippen molar-refractivity contribution in [1.29, 1.82) is 21.0 Å². The molecule has 0 aliphatic heterocycles. The Morgan fingerprint density at radius 3 is 1.51 bits per heavy atom. The fourth-order valence-electron chi connectivity index (χ4n) is 2.63. The van der Waals surface area contributed by atoms with Crippen molar-refractivity contribution < 1.29 is 26.5 Å². The lowest BCUT2D eigenvalue weighted by atomic mass is 10.3. The van der Waals surface area contributed by atoms with Gasteiger partial charge in [-0.1, -0.05) is 23.7 Å². The largest absolute Gasteiger partial charge is 1.00 e. The zero-order chi connectivity index (χ0) is 36.0. The highest BCUT2D eigenvalue weighted by atomic mass is 35.5. The Labute approximate surface area is 298 Å². The maximum absolute atomic E-state index is 8.51. The van der Waals surface area contributed by atoms with Crippen LogP contribution < -0.4 is 17.3 Å². The van der Waals surface area contributed by atoms with Gasteiger partial charge >= 0.3 is 26.7 Å². The Balaban J connectivity index is -0.000000196. The van der Waals surface area contributed by atoms with Crippen molar-refractivity contribution in [3.63, 3.8) is 0 Å². The van der Waals surface area contributed by atoms with Crippen LogP contribution in [-0.2, 0) is 0 Å². The number of nitrogens with zero attached hydrogens (tertiary/aromatic N) is 14. The van der Waals surface area contributed by atoms with Gasteiger partial charge in [0.25, 0.3) is 13.3 Å². The Hall–Kier alpha value is -6.95. The number of halogens is 1. The molecule has 0 rings (SSSR count). The lowest BCUT2D eigenvalue weighted by molar-refractivity contribution is -0.834. The van der Waals surface area contributed by atoms with E-state index in [9.17, 15) is 0 Å². The molecule has 0 saturated carbocycles. The summed E-state index contributed by atoms with van der Waals surface area (Å²) >= 11 is 0. The molecule has 252 valence electrons. The van der Waals surface area contributed by atoms with Crippen LogP contribution in [0.15, 0.2) is 48.5 Å². The van der Waals surface area contributed by atoms with Gasteiger partial charge in [0, 0.05) is 18.5 Å². The molecule has 0 bridgehead atoms. The Bertz CT molecular complexity index is 1370. The van der Waals surface area contributed by atoms with E-state index in [4.69, 9.17) is 60.5 Å². The van der Waals surface area contributed by atoms with E-state index >= 15 is 0 Å². The minimum absolute atomic E-state index is 0. The molecule has 16 heteroatoms. The van der Waals surface area contributed by atoms with Gasteiger partial charge in [0.15, 0.2) is 12.4 Å². The van der Waals surface area contributed by atoms with Gasteiger partial charge < -0.3 is 17.3 Å². The van der Waals surface area contributed by atoms with Crippen LogP contribution in [0.4, 0.5) is 0 Å². The zero-order valence-electron chi connectivity index (χ0n) is 26.9. The second kappa shape index (κ2) is 41.0. The van der Waals surface area contributed by atoms with Crippen LogP contribution >= 0.6 is 0 Å². The fraction of sp³-hybridized carbons (Fsp3) is 0.394. The number of quaternary nitrogens is 1. The first kappa shape index (κ1) is 51.6. The van der Waals surface area contributed by atoms with E-state index in [2.05, 4.69) is 29.1 Å². The van der Waals surface area contributed by atoms with E-state index in [-0.39, 0.29) is 86.0 Å². The number of allylic oxidation sites excluding steroid dienone is 5. The molecule has 0 saturated heterocycles. The molecule has 0 aliphatic rings. The van der Waals surface area contributed by atoms with Crippen molar-refractivity contribution in [2.75, 3.05) is 66.2 Å². The summed E-state index contributed by atoms with van der Waals surface area (Å²) in [5.41, 5.74) is 1.20. The van der Waals surface area contributed by atoms with Gasteiger partial charge in [-0.25, -0.2) is 58.6 Å². The van der Waals surface area contributed by atoms with Crippen LogP contribution in [0.2, 0.25) is 0 Å². The van der Waals surface area contributed by atoms with Gasteiger partial charge in [-0.15, -0.1) is 0 Å². The molecule has 0 aromatic heterocycles. The number of nitrogens with one attached hydrogen (secondary N) is 1. The average Bonchev–Trinajstić information content (AvgIpc) is 3.02. The molecular formula is C33H40ClN15+2. The van der Waals surface area contributed by atoms with Crippen LogP contribution in [0.5, 0.6) is 0 Å². The molecule has 0 unspecified atom stereocenters. The number of nitriles is 4. The third kappa shape index (κ3) is 37.1. The average molecular weight is 682 g/mol. The third-order valence-electron chi connectivity index (χ3n) is 4.62. The molecule has 0 aliphatic carbocycles. The third-order valence-corrected chi connectivity index (χ3v) is 4.62. The highest BCUT2D eigenvalue weighted by molar-refractivity contribution is 5.66. The number of hydrogen-bond donors (Lipinski definition) is 1. The van der Waals surface area contributed by atoms with E-state index in [0.717, 1.165) is 4.90 Å². The molecule has 15 nitrogen and oxygen atoms in total. The van der Waals surface area contributed by atoms with Crippen LogP contribution in [0.3, 0.4) is 0 Å². The monoisotopic (exact) mass is 681 g/mol. The summed E-state index contributed by atoms with van der Waals surface area (Å²) in [6.07, 6.45) is 15.3. The molecule has 0 fully saturated rings. The van der Waals surface area contributed by atoms with Crippen LogP contribution in [0, 0.1) is 84.8 Å². The van der Waals surface area contributed by atoms with E-state index < -0.39 is 0 Å². The van der Waals surface area contributed by atoms with Crippen LogP contribution in [0.1, 0.15) is 21.3 Å². The molecule has 0 aromatic rings. The van der Waals surface area contributed by atoms with E-state index in [1.807, 2.05) is 50.3 Å². The summed E-state index contributed by atoms with van der Waals surface area (Å²) < 4.78 is 3.08. The summed E-state index contributed by atoms with van der Waals surface area (Å²) in [5, 5.41) is 34.0. The molecule has 0 heterocycles. The minimum atomic E-state index is 0. The van der Waals surface area contributed by atoms with Crippen molar-refractivity contribution in [3.8, 4) is 24.3 Å². The van der Waals surface area contributed by atoms with E-state index in [0.29, 0.717) is 0 Å². The second-order valence-corrected chi connectivity index (χ2v) is 8.69. The Kier molecular flexibility index (Phi) is 43.2. The summed E-state index contributed by atoms with van der Waals surface area (Å²) in [5.74, 6) is 0. The van der Waals surface area contributed by atoms with Crippen molar-refractivity contribution in [3.05, 3.63) is 117 Å². The van der Waals surface area contributed by atoms with E-state index in [1.54, 1.807) is 52.7 Å². The first-order chi connectivity index (χ1) is 22.8. The SMILES string of the molecule is C.[C-]#[N+]CN(/C=C/C=C(C)C)C[N+]#[C-].[C-]#[N+]C[N+](=CC=CN(CC#N)CC#N)C[N+]#[C-].[C-]#[N+]C[NH+](/C=C/C=[N+](CC#N)CC#N)C[N+]#[C-].[Cl-]. The smallest absolute Gasteiger partial charge is 0.407 e. The zero-order valence-corrected chi connectivity index (χ0v) is 27.7. The Morgan fingerprint density at radius 2 is 1.12 bits per heavy atom. The molecule has 0 amide bonds. The minimum Gasteiger partial charge on any atom is -1.00 e. The predicted octanol–water partition coefficient (Wildman–Crippen LogP) is 0.117. The normalized spacial score (nSPS) is 8.43. The molecule has 0 spiro atoms. The summed E-state index contributed by atoms with van der Waals surface area (Å²) in [4.78, 5) is 23.1. The molecule has 1 N–H and O–H groups in total. The lowest BCUT2D eigenvalue weighted by Gasteiger charge is -2.09. The van der Waals surface area contributed by atoms with Gasteiger partial charge in [0.05, 0.1) is 18.2 Å². The summed E-state index contributed by atoms with van der Waals surface area (Å²) in [6.45, 7) is 45.8. The number of rotatable bonds is 16. The van der Waals surface area contributed by atoms with Gasteiger partial charge in [0.1, 0.15) is 31.4 Å². The van der Waals surface area contributed by atoms with Crippen LogP contribution in [0.25, 0.3) is 29.1 Å². The first-order valence-corrected chi connectivity index (χ1v) is 13.4. The second-order valence-electron chi connectivity index (χ2n) is 8.69. The maximum atomic E-state index is 8.51. The van der Waals surface area contributed by atoms with Crippen molar-refractivity contribution in [2.24, 2.45) is 0 Å².